The van der Waals surface area contributed by atoms with Crippen molar-refractivity contribution in [1.29, 1.82) is 0 Å². The van der Waals surface area contributed by atoms with E-state index in [0.29, 0.717) is 13.0 Å². The topological polar surface area (TPSA) is 58.6 Å². The number of rotatable bonds is 9. The molecule has 24 heavy (non-hydrogen) atoms. The van der Waals surface area contributed by atoms with Gasteiger partial charge in [-0.15, -0.1) is 0 Å². The Morgan fingerprint density at radius 1 is 1.17 bits per heavy atom. The fourth-order valence-electron chi connectivity index (χ4n) is 3.03. The van der Waals surface area contributed by atoms with Gasteiger partial charge in [0.05, 0.1) is 18.9 Å². The number of carbonyl (C=O) groups excluding carboxylic acids is 2. The number of benzene rings is 1. The van der Waals surface area contributed by atoms with E-state index in [0.717, 1.165) is 37.2 Å². The highest BCUT2D eigenvalue weighted by Crippen LogP contribution is 2.40. The number of ether oxygens (including phenoxy) is 1. The second-order valence-corrected chi connectivity index (χ2v) is 6.30. The Morgan fingerprint density at radius 3 is 2.46 bits per heavy atom. The van der Waals surface area contributed by atoms with Crippen LogP contribution in [0.4, 0.5) is 0 Å². The van der Waals surface area contributed by atoms with Crippen molar-refractivity contribution in [3.63, 3.8) is 0 Å². The van der Waals surface area contributed by atoms with Gasteiger partial charge < -0.3 is 15.0 Å². The van der Waals surface area contributed by atoms with Gasteiger partial charge in [0.2, 0.25) is 11.8 Å². The van der Waals surface area contributed by atoms with E-state index >= 15 is 0 Å². The third-order valence-corrected chi connectivity index (χ3v) is 4.39. The minimum Gasteiger partial charge on any atom is -0.496 e. The fourth-order valence-corrected chi connectivity index (χ4v) is 3.03. The van der Waals surface area contributed by atoms with E-state index in [4.69, 9.17) is 4.74 Å². The number of hydrogen-bond donors (Lipinski definition) is 1. The van der Waals surface area contributed by atoms with Crippen molar-refractivity contribution in [2.75, 3.05) is 20.2 Å². The molecule has 132 valence electrons. The van der Waals surface area contributed by atoms with Gasteiger partial charge in [-0.05, 0) is 25.3 Å². The summed E-state index contributed by atoms with van der Waals surface area (Å²) >= 11 is 0. The van der Waals surface area contributed by atoms with Gasteiger partial charge in [0.25, 0.3) is 0 Å². The van der Waals surface area contributed by atoms with Crippen molar-refractivity contribution < 1.29 is 14.3 Å². The van der Waals surface area contributed by atoms with E-state index in [2.05, 4.69) is 19.2 Å². The molecule has 1 aromatic rings. The molecule has 2 amide bonds. The lowest BCUT2D eigenvalue weighted by molar-refractivity contribution is -0.134. The first-order valence-corrected chi connectivity index (χ1v) is 8.80. The molecule has 1 aliphatic carbocycles. The van der Waals surface area contributed by atoms with Crippen LogP contribution in [-0.4, -0.2) is 36.9 Å². The van der Waals surface area contributed by atoms with Crippen LogP contribution in [0.1, 0.15) is 38.7 Å². The molecule has 0 bridgehead atoms. The first-order chi connectivity index (χ1) is 11.6. The number of nitrogens with zero attached hydrogens (tertiary/aromatic N) is 1. The highest BCUT2D eigenvalue weighted by Gasteiger charge is 2.49. The van der Waals surface area contributed by atoms with Crippen molar-refractivity contribution >= 4 is 11.8 Å². The zero-order chi connectivity index (χ0) is 17.5. The summed E-state index contributed by atoms with van der Waals surface area (Å²) < 4.78 is 5.29. The third-order valence-electron chi connectivity index (χ3n) is 4.39. The van der Waals surface area contributed by atoms with Crippen LogP contribution in [-0.2, 0) is 16.1 Å². The number of para-hydroxylation sites is 1. The molecule has 2 rings (SSSR count). The lowest BCUT2D eigenvalue weighted by Crippen LogP contribution is -2.35. The molecule has 2 atom stereocenters. The van der Waals surface area contributed by atoms with Crippen molar-refractivity contribution in [2.24, 2.45) is 11.8 Å². The van der Waals surface area contributed by atoms with E-state index in [1.165, 1.54) is 0 Å². The predicted molar refractivity (Wildman–Crippen MR) is 93.6 cm³/mol. The highest BCUT2D eigenvalue weighted by molar-refractivity contribution is 5.92. The Labute approximate surface area is 144 Å². The molecule has 0 saturated heterocycles. The van der Waals surface area contributed by atoms with Gasteiger partial charge in [0, 0.05) is 25.2 Å². The van der Waals surface area contributed by atoms with Crippen LogP contribution in [0.3, 0.4) is 0 Å². The standard InChI is InChI=1S/C19H28N2O3/c1-4-10-21(11-5-2)19(23)16-12-15(16)18(22)20-13-14-8-6-7-9-17(14)24-3/h6-9,15-16H,4-5,10-13H2,1-3H3,(H,20,22). The van der Waals surface area contributed by atoms with Crippen molar-refractivity contribution in [2.45, 2.75) is 39.7 Å². The molecule has 5 heteroatoms. The molecule has 1 aliphatic rings. The molecular weight excluding hydrogens is 304 g/mol. The SMILES string of the molecule is CCCN(CCC)C(=O)C1CC1C(=O)NCc1ccccc1OC. The quantitative estimate of drug-likeness (QED) is 0.756. The van der Waals surface area contributed by atoms with E-state index in [1.807, 2.05) is 29.2 Å². The van der Waals surface area contributed by atoms with E-state index in [-0.39, 0.29) is 23.7 Å². The average molecular weight is 332 g/mol. The van der Waals surface area contributed by atoms with Gasteiger partial charge in [0.15, 0.2) is 0 Å². The molecule has 2 unspecified atom stereocenters. The van der Waals surface area contributed by atoms with Crippen LogP contribution in [0.2, 0.25) is 0 Å². The second kappa shape index (κ2) is 8.71. The van der Waals surface area contributed by atoms with Crippen LogP contribution in [0.5, 0.6) is 5.75 Å². The molecule has 0 aliphatic heterocycles. The van der Waals surface area contributed by atoms with E-state index < -0.39 is 0 Å². The lowest BCUT2D eigenvalue weighted by atomic mass is 10.2. The third kappa shape index (κ3) is 4.49. The van der Waals surface area contributed by atoms with Crippen LogP contribution in [0.15, 0.2) is 24.3 Å². The maximum absolute atomic E-state index is 12.5. The Kier molecular flexibility index (Phi) is 6.64. The molecule has 1 fully saturated rings. The first-order valence-electron chi connectivity index (χ1n) is 8.80. The molecule has 1 N–H and O–H groups in total. The zero-order valence-electron chi connectivity index (χ0n) is 14.9. The summed E-state index contributed by atoms with van der Waals surface area (Å²) in [5.41, 5.74) is 0.940. The largest absolute Gasteiger partial charge is 0.496 e. The van der Waals surface area contributed by atoms with Crippen molar-refractivity contribution in [3.8, 4) is 5.75 Å². The van der Waals surface area contributed by atoms with Gasteiger partial charge >= 0.3 is 0 Å². The van der Waals surface area contributed by atoms with Gasteiger partial charge in [-0.2, -0.15) is 0 Å². The lowest BCUT2D eigenvalue weighted by Gasteiger charge is -2.21. The Hall–Kier alpha value is -2.04. The number of hydrogen-bond acceptors (Lipinski definition) is 3. The number of carbonyl (C=O) groups is 2. The van der Waals surface area contributed by atoms with E-state index in [1.54, 1.807) is 7.11 Å². The van der Waals surface area contributed by atoms with Crippen LogP contribution in [0, 0.1) is 11.8 Å². The van der Waals surface area contributed by atoms with Crippen LogP contribution in [0.25, 0.3) is 0 Å². The summed E-state index contributed by atoms with van der Waals surface area (Å²) in [7, 11) is 1.62. The zero-order valence-corrected chi connectivity index (χ0v) is 14.9. The van der Waals surface area contributed by atoms with Gasteiger partial charge in [0.1, 0.15) is 5.75 Å². The monoisotopic (exact) mass is 332 g/mol. The maximum atomic E-state index is 12.5. The van der Waals surface area contributed by atoms with E-state index in [9.17, 15) is 9.59 Å². The Morgan fingerprint density at radius 2 is 1.83 bits per heavy atom. The summed E-state index contributed by atoms with van der Waals surface area (Å²) in [5, 5.41) is 2.93. The molecule has 0 heterocycles. The number of nitrogens with one attached hydrogen (secondary N) is 1. The molecule has 5 nitrogen and oxygen atoms in total. The maximum Gasteiger partial charge on any atom is 0.226 e. The van der Waals surface area contributed by atoms with Crippen LogP contribution < -0.4 is 10.1 Å². The van der Waals surface area contributed by atoms with Crippen molar-refractivity contribution in [1.82, 2.24) is 10.2 Å². The smallest absolute Gasteiger partial charge is 0.226 e. The normalized spacial score (nSPS) is 18.8. The van der Waals surface area contributed by atoms with Gasteiger partial charge in [-0.3, -0.25) is 9.59 Å². The Balaban J connectivity index is 1.85. The first kappa shape index (κ1) is 18.3. The minimum absolute atomic E-state index is 0.0350. The molecular formula is C19H28N2O3. The number of methoxy groups -OCH3 is 1. The highest BCUT2D eigenvalue weighted by atomic mass is 16.5. The van der Waals surface area contributed by atoms with Gasteiger partial charge in [-0.25, -0.2) is 0 Å². The molecule has 0 spiro atoms. The summed E-state index contributed by atoms with van der Waals surface area (Å²) in [6, 6.07) is 7.62. The summed E-state index contributed by atoms with van der Waals surface area (Å²) in [6.45, 7) is 6.12. The predicted octanol–water partition coefficient (Wildman–Crippen LogP) is 2.60. The summed E-state index contributed by atoms with van der Waals surface area (Å²) in [6.07, 6.45) is 2.56. The van der Waals surface area contributed by atoms with Crippen LogP contribution >= 0.6 is 0 Å². The second-order valence-electron chi connectivity index (χ2n) is 6.30. The van der Waals surface area contributed by atoms with Crippen molar-refractivity contribution in [3.05, 3.63) is 29.8 Å². The molecule has 1 saturated carbocycles. The molecule has 1 aromatic carbocycles. The average Bonchev–Trinajstić information content (AvgIpc) is 3.40. The summed E-state index contributed by atoms with van der Waals surface area (Å²) in [4.78, 5) is 26.7. The molecule has 0 radical (unpaired) electrons. The molecule has 0 aromatic heterocycles. The Bertz CT molecular complexity index is 567. The number of amides is 2. The van der Waals surface area contributed by atoms with Gasteiger partial charge in [-0.1, -0.05) is 32.0 Å². The fraction of sp³-hybridized carbons (Fsp3) is 0.579. The minimum atomic E-state index is -0.177. The summed E-state index contributed by atoms with van der Waals surface area (Å²) in [5.74, 6) is 0.547.